The Kier molecular flexibility index (Phi) is 4.69. The van der Waals surface area contributed by atoms with Gasteiger partial charge in [0.25, 0.3) is 5.91 Å². The van der Waals surface area contributed by atoms with Gasteiger partial charge in [0, 0.05) is 12.4 Å². The van der Waals surface area contributed by atoms with Crippen LogP contribution in [0, 0.1) is 22.7 Å². The highest BCUT2D eigenvalue weighted by Crippen LogP contribution is 2.27. The van der Waals surface area contributed by atoms with E-state index in [-0.39, 0.29) is 18.2 Å². The Labute approximate surface area is 146 Å². The number of hydrogen-bond acceptors (Lipinski definition) is 8. The molecule has 9 heteroatoms. The first-order valence-electron chi connectivity index (χ1n) is 7.00. The van der Waals surface area contributed by atoms with E-state index in [1.165, 1.54) is 30.1 Å². The maximum atomic E-state index is 12.1. The summed E-state index contributed by atoms with van der Waals surface area (Å²) in [5.74, 6) is -0.336. The molecule has 3 rings (SSSR count). The maximum absolute atomic E-state index is 12.1. The van der Waals surface area contributed by atoms with Crippen molar-refractivity contribution in [3.63, 3.8) is 0 Å². The molecule has 8 nitrogen and oxygen atoms in total. The lowest BCUT2D eigenvalue weighted by molar-refractivity contribution is 0.102. The third-order valence-electron chi connectivity index (χ3n) is 3.13. The van der Waals surface area contributed by atoms with E-state index in [0.29, 0.717) is 10.7 Å². The molecule has 0 atom stereocenters. The van der Waals surface area contributed by atoms with Gasteiger partial charge in [-0.3, -0.25) is 15.1 Å². The number of carbonyl (C=O) groups excluding carboxylic acids is 1. The molecule has 0 unspecified atom stereocenters. The van der Waals surface area contributed by atoms with E-state index >= 15 is 0 Å². The number of anilines is 1. The van der Waals surface area contributed by atoms with Gasteiger partial charge < -0.3 is 0 Å². The first-order chi connectivity index (χ1) is 12.2. The molecule has 0 bridgehead atoms. The van der Waals surface area contributed by atoms with Crippen LogP contribution in [0.5, 0.6) is 0 Å². The van der Waals surface area contributed by atoms with E-state index < -0.39 is 0 Å². The number of nitrogens with zero attached hydrogens (tertiary/aromatic N) is 6. The van der Waals surface area contributed by atoms with Crippen LogP contribution >= 0.6 is 11.3 Å². The quantitative estimate of drug-likeness (QED) is 0.721. The van der Waals surface area contributed by atoms with Crippen molar-refractivity contribution < 1.29 is 4.79 Å². The largest absolute Gasteiger partial charge is 0.298 e. The monoisotopic (exact) mass is 347 g/mol. The number of aromatic nitrogens is 3. The van der Waals surface area contributed by atoms with E-state index in [1.807, 2.05) is 12.1 Å². The summed E-state index contributed by atoms with van der Waals surface area (Å²) in [7, 11) is 0. The number of benzene rings is 1. The van der Waals surface area contributed by atoms with Crippen LogP contribution in [0.1, 0.15) is 15.9 Å². The number of nitrogens with one attached hydrogen (secondary N) is 1. The lowest BCUT2D eigenvalue weighted by atomic mass is 10.2. The van der Waals surface area contributed by atoms with Crippen LogP contribution in [0.2, 0.25) is 0 Å². The van der Waals surface area contributed by atoms with Crippen molar-refractivity contribution in [3.05, 3.63) is 48.0 Å². The fraction of sp³-hybridized carbons (Fsp3) is 0.0625. The standard InChI is InChI=1S/C16H9N7OS/c17-4-12(5-18)21-6-10-1-2-13-14(3-10)25-16(22-13)23-15(24)11-7-19-9-20-8-11/h1-3,7-9H,6H2,(H,22,23,24). The fourth-order valence-electron chi connectivity index (χ4n) is 1.97. The van der Waals surface area contributed by atoms with Crippen molar-refractivity contribution in [3.8, 4) is 12.1 Å². The Bertz CT molecular complexity index is 1030. The number of carbonyl (C=O) groups is 1. The molecule has 1 aromatic carbocycles. The molecule has 0 radical (unpaired) electrons. The number of thiazole rings is 1. The van der Waals surface area contributed by atoms with Gasteiger partial charge in [-0.05, 0) is 17.7 Å². The first kappa shape index (κ1) is 16.2. The molecule has 0 spiro atoms. The Morgan fingerprint density at radius 3 is 2.72 bits per heavy atom. The second kappa shape index (κ2) is 7.25. The van der Waals surface area contributed by atoms with Gasteiger partial charge in [0.05, 0.1) is 22.3 Å². The van der Waals surface area contributed by atoms with Gasteiger partial charge in [-0.1, -0.05) is 17.4 Å². The molecular formula is C16H9N7OS. The number of hydrogen-bond donors (Lipinski definition) is 1. The molecule has 0 aliphatic rings. The third-order valence-corrected chi connectivity index (χ3v) is 4.06. The van der Waals surface area contributed by atoms with Crippen LogP contribution in [0.3, 0.4) is 0 Å². The molecular weight excluding hydrogens is 338 g/mol. The number of fused-ring (bicyclic) bond motifs is 1. The van der Waals surface area contributed by atoms with E-state index in [4.69, 9.17) is 10.5 Å². The molecule has 0 saturated carbocycles. The predicted octanol–water partition coefficient (Wildman–Crippen LogP) is 2.33. The highest BCUT2D eigenvalue weighted by molar-refractivity contribution is 7.22. The molecule has 1 amide bonds. The van der Waals surface area contributed by atoms with Crippen LogP contribution in [0.15, 0.2) is 41.9 Å². The highest BCUT2D eigenvalue weighted by atomic mass is 32.1. The van der Waals surface area contributed by atoms with Crippen LogP contribution in [-0.4, -0.2) is 26.6 Å². The van der Waals surface area contributed by atoms with Gasteiger partial charge in [0.2, 0.25) is 5.71 Å². The summed E-state index contributed by atoms with van der Waals surface area (Å²) in [5.41, 5.74) is 1.76. The van der Waals surface area contributed by atoms with Crippen molar-refractivity contribution in [1.82, 2.24) is 15.0 Å². The Morgan fingerprint density at radius 1 is 1.24 bits per heavy atom. The van der Waals surface area contributed by atoms with Crippen molar-refractivity contribution >= 4 is 38.3 Å². The summed E-state index contributed by atoms with van der Waals surface area (Å²) in [5, 5.41) is 20.6. The lowest BCUT2D eigenvalue weighted by Gasteiger charge is -1.99. The molecule has 1 N–H and O–H groups in total. The van der Waals surface area contributed by atoms with Gasteiger partial charge in [0.15, 0.2) is 5.13 Å². The van der Waals surface area contributed by atoms with Crippen LogP contribution in [0.25, 0.3) is 10.2 Å². The zero-order valence-corrected chi connectivity index (χ0v) is 13.5. The molecule has 25 heavy (non-hydrogen) atoms. The number of rotatable bonds is 4. The van der Waals surface area contributed by atoms with Gasteiger partial charge in [-0.25, -0.2) is 15.0 Å². The fourth-order valence-corrected chi connectivity index (χ4v) is 2.90. The van der Waals surface area contributed by atoms with E-state index in [9.17, 15) is 4.79 Å². The van der Waals surface area contributed by atoms with Crippen LogP contribution < -0.4 is 5.32 Å². The van der Waals surface area contributed by atoms with Gasteiger partial charge in [-0.15, -0.1) is 0 Å². The normalized spacial score (nSPS) is 9.84. The molecule has 2 heterocycles. The number of amides is 1. The summed E-state index contributed by atoms with van der Waals surface area (Å²) >= 11 is 1.32. The zero-order chi connectivity index (χ0) is 17.6. The van der Waals surface area contributed by atoms with Gasteiger partial charge >= 0.3 is 0 Å². The summed E-state index contributed by atoms with van der Waals surface area (Å²) in [6.07, 6.45) is 4.20. The molecule has 120 valence electrons. The topological polar surface area (TPSA) is 128 Å². The summed E-state index contributed by atoms with van der Waals surface area (Å²) in [4.78, 5) is 28.0. The molecule has 0 fully saturated rings. The molecule has 0 aliphatic heterocycles. The van der Waals surface area contributed by atoms with Crippen LogP contribution in [0.4, 0.5) is 5.13 Å². The Balaban J connectivity index is 1.79. The molecule has 0 aliphatic carbocycles. The summed E-state index contributed by atoms with van der Waals surface area (Å²) in [6, 6.07) is 8.92. The molecule has 2 aromatic heterocycles. The highest BCUT2D eigenvalue weighted by Gasteiger charge is 2.10. The summed E-state index contributed by atoms with van der Waals surface area (Å²) < 4.78 is 0.864. The van der Waals surface area contributed by atoms with Crippen molar-refractivity contribution in [2.75, 3.05) is 5.32 Å². The Morgan fingerprint density at radius 2 is 2.00 bits per heavy atom. The predicted molar refractivity (Wildman–Crippen MR) is 92.0 cm³/mol. The first-order valence-corrected chi connectivity index (χ1v) is 7.81. The minimum atomic E-state index is -0.336. The zero-order valence-electron chi connectivity index (χ0n) is 12.7. The third kappa shape index (κ3) is 3.80. The number of aliphatic imine (C=N–C) groups is 1. The van der Waals surface area contributed by atoms with Crippen molar-refractivity contribution in [2.45, 2.75) is 6.54 Å². The van der Waals surface area contributed by atoms with E-state index in [2.05, 4.69) is 25.3 Å². The van der Waals surface area contributed by atoms with E-state index in [0.717, 1.165) is 15.8 Å². The van der Waals surface area contributed by atoms with E-state index in [1.54, 1.807) is 18.2 Å². The summed E-state index contributed by atoms with van der Waals surface area (Å²) in [6.45, 7) is 0.230. The number of nitriles is 2. The minimum Gasteiger partial charge on any atom is -0.298 e. The van der Waals surface area contributed by atoms with Crippen molar-refractivity contribution in [2.24, 2.45) is 4.99 Å². The van der Waals surface area contributed by atoms with Crippen molar-refractivity contribution in [1.29, 1.82) is 10.5 Å². The minimum absolute atomic E-state index is 0.164. The maximum Gasteiger partial charge on any atom is 0.260 e. The average Bonchev–Trinajstić information content (AvgIpc) is 3.04. The smallest absolute Gasteiger partial charge is 0.260 e. The molecule has 3 aromatic rings. The molecule has 0 saturated heterocycles. The average molecular weight is 347 g/mol. The van der Waals surface area contributed by atoms with Gasteiger partial charge in [0.1, 0.15) is 18.5 Å². The SMILES string of the molecule is N#CC(C#N)=NCc1ccc2nc(NC(=O)c3cncnc3)sc2c1. The lowest BCUT2D eigenvalue weighted by Crippen LogP contribution is -2.12. The Hall–Kier alpha value is -3.69. The van der Waals surface area contributed by atoms with Gasteiger partial charge in [-0.2, -0.15) is 10.5 Å². The second-order valence-corrected chi connectivity index (χ2v) is 5.82. The second-order valence-electron chi connectivity index (χ2n) is 4.79. The van der Waals surface area contributed by atoms with Crippen LogP contribution in [-0.2, 0) is 6.54 Å².